The Morgan fingerprint density at radius 1 is 0.727 bits per heavy atom. The molecular formula is C20H12N2. The lowest BCUT2D eigenvalue weighted by Gasteiger charge is -2.11. The molecule has 0 unspecified atom stereocenters. The minimum Gasteiger partial charge on any atom is -0.248 e. The van der Waals surface area contributed by atoms with Crippen LogP contribution >= 0.6 is 0 Å². The Kier molecular flexibility index (Phi) is 2.84. The number of para-hydroxylation sites is 1. The summed E-state index contributed by atoms with van der Waals surface area (Å²) in [6.07, 6.45) is 0. The van der Waals surface area contributed by atoms with Crippen LogP contribution in [-0.4, -0.2) is 4.98 Å². The lowest BCUT2D eigenvalue weighted by atomic mass is 9.95. The molecule has 22 heavy (non-hydrogen) atoms. The second-order valence-electron chi connectivity index (χ2n) is 5.21. The van der Waals surface area contributed by atoms with Crippen molar-refractivity contribution in [3.8, 4) is 17.2 Å². The van der Waals surface area contributed by atoms with E-state index in [4.69, 9.17) is 4.98 Å². The third-order valence-corrected chi connectivity index (χ3v) is 3.87. The maximum atomic E-state index is 9.20. The molecule has 0 saturated carbocycles. The van der Waals surface area contributed by atoms with Gasteiger partial charge in [-0.2, -0.15) is 5.26 Å². The summed E-state index contributed by atoms with van der Waals surface area (Å²) >= 11 is 0. The Labute approximate surface area is 128 Å². The van der Waals surface area contributed by atoms with E-state index in [9.17, 15) is 5.26 Å². The summed E-state index contributed by atoms with van der Waals surface area (Å²) in [5, 5.41) is 11.3. The van der Waals surface area contributed by atoms with Gasteiger partial charge in [0.2, 0.25) is 0 Å². The smallest absolute Gasteiger partial charge is 0.0991 e. The number of rotatable bonds is 1. The highest BCUT2D eigenvalue weighted by Gasteiger charge is 2.11. The number of fused-ring (bicyclic) bond motifs is 2. The number of aromatic nitrogens is 1. The Bertz CT molecular complexity index is 1030. The molecule has 4 rings (SSSR count). The molecule has 0 aliphatic heterocycles. The van der Waals surface area contributed by atoms with Crippen LogP contribution in [0.2, 0.25) is 0 Å². The van der Waals surface area contributed by atoms with Crippen molar-refractivity contribution in [3.05, 3.63) is 78.4 Å². The number of nitriles is 1. The molecule has 0 aliphatic carbocycles. The Morgan fingerprint density at radius 3 is 2.27 bits per heavy atom. The summed E-state index contributed by atoms with van der Waals surface area (Å²) in [7, 11) is 0. The SMILES string of the molecule is N#Cc1ccc2nc3ccccc3c(-c3ccccc3)c2c1. The van der Waals surface area contributed by atoms with Gasteiger partial charge in [-0.05, 0) is 29.8 Å². The summed E-state index contributed by atoms with van der Waals surface area (Å²) in [6, 6.07) is 26.3. The number of hydrogen-bond donors (Lipinski definition) is 0. The van der Waals surface area contributed by atoms with Gasteiger partial charge in [-0.3, -0.25) is 0 Å². The van der Waals surface area contributed by atoms with Gasteiger partial charge in [0, 0.05) is 16.3 Å². The minimum atomic E-state index is 0.654. The molecule has 0 fully saturated rings. The molecule has 4 aromatic rings. The molecule has 3 aromatic carbocycles. The minimum absolute atomic E-state index is 0.654. The summed E-state index contributed by atoms with van der Waals surface area (Å²) in [4.78, 5) is 4.73. The first-order valence-electron chi connectivity index (χ1n) is 7.15. The molecule has 0 spiro atoms. The van der Waals surface area contributed by atoms with E-state index in [2.05, 4.69) is 24.3 Å². The van der Waals surface area contributed by atoms with Gasteiger partial charge >= 0.3 is 0 Å². The van der Waals surface area contributed by atoms with E-state index in [0.717, 1.165) is 32.9 Å². The molecule has 0 radical (unpaired) electrons. The fourth-order valence-electron chi connectivity index (χ4n) is 2.88. The standard InChI is InChI=1S/C20H12N2/c21-13-14-10-11-19-17(12-14)20(15-6-2-1-3-7-15)16-8-4-5-9-18(16)22-19/h1-12H. The monoisotopic (exact) mass is 280 g/mol. The van der Waals surface area contributed by atoms with Crippen LogP contribution in [0.4, 0.5) is 0 Å². The molecule has 2 heteroatoms. The Balaban J connectivity index is 2.23. The fourth-order valence-corrected chi connectivity index (χ4v) is 2.88. The van der Waals surface area contributed by atoms with E-state index in [-0.39, 0.29) is 0 Å². The van der Waals surface area contributed by atoms with Crippen LogP contribution in [0.1, 0.15) is 5.56 Å². The van der Waals surface area contributed by atoms with E-state index in [1.807, 2.05) is 54.6 Å². The van der Waals surface area contributed by atoms with Crippen LogP contribution in [0.5, 0.6) is 0 Å². The Hall–Kier alpha value is -3.18. The predicted octanol–water partition coefficient (Wildman–Crippen LogP) is 4.93. The molecule has 2 nitrogen and oxygen atoms in total. The molecule has 0 atom stereocenters. The molecular weight excluding hydrogens is 268 g/mol. The predicted molar refractivity (Wildman–Crippen MR) is 89.4 cm³/mol. The molecule has 0 N–H and O–H groups in total. The highest BCUT2D eigenvalue weighted by molar-refractivity contribution is 6.09. The van der Waals surface area contributed by atoms with Gasteiger partial charge in [0.25, 0.3) is 0 Å². The summed E-state index contributed by atoms with van der Waals surface area (Å²) in [6.45, 7) is 0. The molecule has 0 bridgehead atoms. The average molecular weight is 280 g/mol. The van der Waals surface area contributed by atoms with Crippen molar-refractivity contribution < 1.29 is 0 Å². The van der Waals surface area contributed by atoms with E-state index in [1.165, 1.54) is 0 Å². The number of pyridine rings is 1. The largest absolute Gasteiger partial charge is 0.248 e. The van der Waals surface area contributed by atoms with Gasteiger partial charge in [-0.1, -0.05) is 48.5 Å². The summed E-state index contributed by atoms with van der Waals surface area (Å²) in [5.41, 5.74) is 4.82. The zero-order valence-electron chi connectivity index (χ0n) is 11.8. The summed E-state index contributed by atoms with van der Waals surface area (Å²) in [5.74, 6) is 0. The van der Waals surface area contributed by atoms with Crippen molar-refractivity contribution in [2.45, 2.75) is 0 Å². The van der Waals surface area contributed by atoms with Crippen molar-refractivity contribution in [1.82, 2.24) is 4.98 Å². The van der Waals surface area contributed by atoms with Crippen molar-refractivity contribution in [1.29, 1.82) is 5.26 Å². The molecule has 1 aromatic heterocycles. The van der Waals surface area contributed by atoms with Crippen molar-refractivity contribution in [2.24, 2.45) is 0 Å². The Morgan fingerprint density at radius 2 is 1.45 bits per heavy atom. The number of hydrogen-bond acceptors (Lipinski definition) is 2. The topological polar surface area (TPSA) is 36.7 Å². The van der Waals surface area contributed by atoms with Crippen molar-refractivity contribution >= 4 is 21.8 Å². The van der Waals surface area contributed by atoms with E-state index < -0.39 is 0 Å². The highest BCUT2D eigenvalue weighted by atomic mass is 14.7. The van der Waals surface area contributed by atoms with Crippen molar-refractivity contribution in [3.63, 3.8) is 0 Å². The maximum absolute atomic E-state index is 9.20. The van der Waals surface area contributed by atoms with E-state index in [1.54, 1.807) is 0 Å². The fraction of sp³-hybridized carbons (Fsp3) is 0. The van der Waals surface area contributed by atoms with E-state index in [0.29, 0.717) is 5.56 Å². The first-order valence-corrected chi connectivity index (χ1v) is 7.15. The molecule has 102 valence electrons. The van der Waals surface area contributed by atoms with Gasteiger partial charge < -0.3 is 0 Å². The van der Waals surface area contributed by atoms with Crippen LogP contribution in [-0.2, 0) is 0 Å². The van der Waals surface area contributed by atoms with Gasteiger partial charge in [0.05, 0.1) is 22.7 Å². The van der Waals surface area contributed by atoms with Gasteiger partial charge in [-0.25, -0.2) is 4.98 Å². The molecule has 0 saturated heterocycles. The third-order valence-electron chi connectivity index (χ3n) is 3.87. The van der Waals surface area contributed by atoms with Crippen LogP contribution in [0.15, 0.2) is 72.8 Å². The van der Waals surface area contributed by atoms with E-state index >= 15 is 0 Å². The number of nitrogens with zero attached hydrogens (tertiary/aromatic N) is 2. The quantitative estimate of drug-likeness (QED) is 0.464. The zero-order chi connectivity index (χ0) is 14.9. The second kappa shape index (κ2) is 4.98. The summed E-state index contributed by atoms with van der Waals surface area (Å²) < 4.78 is 0. The zero-order valence-corrected chi connectivity index (χ0v) is 11.8. The lowest BCUT2D eigenvalue weighted by Crippen LogP contribution is -1.89. The highest BCUT2D eigenvalue weighted by Crippen LogP contribution is 2.34. The first-order chi connectivity index (χ1) is 10.9. The van der Waals surface area contributed by atoms with Gasteiger partial charge in [0.15, 0.2) is 0 Å². The maximum Gasteiger partial charge on any atom is 0.0991 e. The molecule has 0 aliphatic rings. The van der Waals surface area contributed by atoms with Crippen LogP contribution in [0.3, 0.4) is 0 Å². The van der Waals surface area contributed by atoms with Crippen LogP contribution < -0.4 is 0 Å². The average Bonchev–Trinajstić information content (AvgIpc) is 2.60. The van der Waals surface area contributed by atoms with Gasteiger partial charge in [0.1, 0.15) is 0 Å². The normalized spacial score (nSPS) is 10.7. The van der Waals surface area contributed by atoms with Crippen LogP contribution in [0.25, 0.3) is 32.9 Å². The van der Waals surface area contributed by atoms with Crippen LogP contribution in [0, 0.1) is 11.3 Å². The molecule has 1 heterocycles. The first kappa shape index (κ1) is 12.6. The number of benzene rings is 3. The van der Waals surface area contributed by atoms with Crippen molar-refractivity contribution in [2.75, 3.05) is 0 Å². The lowest BCUT2D eigenvalue weighted by molar-refractivity contribution is 1.47. The van der Waals surface area contributed by atoms with Gasteiger partial charge in [-0.15, -0.1) is 0 Å². The second-order valence-corrected chi connectivity index (χ2v) is 5.21. The molecule has 0 amide bonds. The third kappa shape index (κ3) is 1.92.